The zero-order valence-electron chi connectivity index (χ0n) is 13.1. The van der Waals surface area contributed by atoms with Gasteiger partial charge < -0.3 is 10.4 Å². The van der Waals surface area contributed by atoms with Crippen LogP contribution < -0.4 is 5.32 Å². The summed E-state index contributed by atoms with van der Waals surface area (Å²) in [7, 11) is 0. The molecule has 2 unspecified atom stereocenters. The molecule has 20 heavy (non-hydrogen) atoms. The third kappa shape index (κ3) is 3.92. The first-order valence-electron chi connectivity index (χ1n) is 7.70. The molecule has 0 aliphatic heterocycles. The summed E-state index contributed by atoms with van der Waals surface area (Å²) in [4.78, 5) is 8.95. The van der Waals surface area contributed by atoms with Gasteiger partial charge >= 0.3 is 0 Å². The van der Waals surface area contributed by atoms with E-state index in [2.05, 4.69) is 36.1 Å². The van der Waals surface area contributed by atoms with Gasteiger partial charge in [-0.1, -0.05) is 33.6 Å². The Kier molecular flexibility index (Phi) is 4.63. The summed E-state index contributed by atoms with van der Waals surface area (Å²) < 4.78 is 0. The van der Waals surface area contributed by atoms with Crippen molar-refractivity contribution in [2.45, 2.75) is 64.9 Å². The lowest BCUT2D eigenvalue weighted by Gasteiger charge is -2.35. The van der Waals surface area contributed by atoms with E-state index in [-0.39, 0.29) is 0 Å². The largest absolute Gasteiger partial charge is 0.388 e. The molecular formula is C16H27N3O. The fourth-order valence-electron chi connectivity index (χ4n) is 3.00. The zero-order chi connectivity index (χ0) is 14.8. The fraction of sp³-hybridized carbons (Fsp3) is 0.750. The van der Waals surface area contributed by atoms with E-state index >= 15 is 0 Å². The first-order valence-corrected chi connectivity index (χ1v) is 7.70. The highest BCUT2D eigenvalue weighted by molar-refractivity contribution is 5.29. The molecule has 1 aromatic rings. The molecule has 1 fully saturated rings. The lowest BCUT2D eigenvalue weighted by molar-refractivity contribution is -0.000903. The molecule has 2 atom stereocenters. The van der Waals surface area contributed by atoms with Gasteiger partial charge in [-0.2, -0.15) is 0 Å². The van der Waals surface area contributed by atoms with Crippen LogP contribution in [0, 0.1) is 12.8 Å². The number of hydrogen-bond acceptors (Lipinski definition) is 4. The quantitative estimate of drug-likeness (QED) is 0.887. The second-order valence-electron chi connectivity index (χ2n) is 6.69. The van der Waals surface area contributed by atoms with Crippen LogP contribution in [0.3, 0.4) is 0 Å². The molecule has 1 saturated carbocycles. The highest BCUT2D eigenvalue weighted by Crippen LogP contribution is 2.32. The van der Waals surface area contributed by atoms with E-state index in [4.69, 9.17) is 0 Å². The molecule has 0 bridgehead atoms. The van der Waals surface area contributed by atoms with Crippen molar-refractivity contribution in [1.82, 2.24) is 9.97 Å². The lowest BCUT2D eigenvalue weighted by Crippen LogP contribution is -2.41. The Morgan fingerprint density at radius 3 is 2.85 bits per heavy atom. The summed E-state index contributed by atoms with van der Waals surface area (Å²) in [6, 6.07) is 2.02. The molecule has 112 valence electrons. The Balaban J connectivity index is 2.03. The minimum absolute atomic E-state index is 0.384. The Morgan fingerprint density at radius 2 is 2.20 bits per heavy atom. The van der Waals surface area contributed by atoms with Gasteiger partial charge in [-0.05, 0) is 37.7 Å². The number of rotatable bonds is 4. The molecule has 0 aromatic carbocycles. The van der Waals surface area contributed by atoms with Gasteiger partial charge in [-0.3, -0.25) is 0 Å². The van der Waals surface area contributed by atoms with E-state index in [0.717, 1.165) is 30.7 Å². The molecule has 1 aliphatic carbocycles. The van der Waals surface area contributed by atoms with Gasteiger partial charge in [-0.25, -0.2) is 9.97 Å². The molecule has 0 spiro atoms. The summed E-state index contributed by atoms with van der Waals surface area (Å²) in [6.45, 7) is 8.99. The Morgan fingerprint density at radius 1 is 1.45 bits per heavy atom. The van der Waals surface area contributed by atoms with Crippen molar-refractivity contribution in [3.8, 4) is 0 Å². The molecule has 1 heterocycles. The van der Waals surface area contributed by atoms with Crippen molar-refractivity contribution in [2.75, 3.05) is 11.9 Å². The number of aliphatic hydroxyl groups is 1. The summed E-state index contributed by atoms with van der Waals surface area (Å²) >= 11 is 0. The fourth-order valence-corrected chi connectivity index (χ4v) is 3.00. The molecule has 0 radical (unpaired) electrons. The summed E-state index contributed by atoms with van der Waals surface area (Å²) in [5.74, 6) is 1.62. The third-order valence-electron chi connectivity index (χ3n) is 4.11. The lowest BCUT2D eigenvalue weighted by atomic mass is 9.79. The van der Waals surface area contributed by atoms with Crippen molar-refractivity contribution in [2.24, 2.45) is 5.92 Å². The maximum atomic E-state index is 10.6. The maximum Gasteiger partial charge on any atom is 0.223 e. The second kappa shape index (κ2) is 6.08. The first-order chi connectivity index (χ1) is 9.38. The van der Waals surface area contributed by atoms with Gasteiger partial charge in [0, 0.05) is 17.9 Å². The highest BCUT2D eigenvalue weighted by atomic mass is 16.3. The molecule has 1 aliphatic rings. The molecule has 0 amide bonds. The van der Waals surface area contributed by atoms with Gasteiger partial charge in [0.05, 0.1) is 5.60 Å². The molecule has 1 aromatic heterocycles. The van der Waals surface area contributed by atoms with Gasteiger partial charge in [0.15, 0.2) is 0 Å². The molecule has 2 N–H and O–H groups in total. The van der Waals surface area contributed by atoms with E-state index in [9.17, 15) is 5.11 Å². The first kappa shape index (κ1) is 15.2. The predicted octanol–water partition coefficient (Wildman–Crippen LogP) is 3.26. The van der Waals surface area contributed by atoms with Crippen LogP contribution in [0.5, 0.6) is 0 Å². The van der Waals surface area contributed by atoms with E-state index < -0.39 is 5.60 Å². The summed E-state index contributed by atoms with van der Waals surface area (Å²) in [6.07, 6.45) is 4.06. The Hall–Kier alpha value is -1.16. The number of anilines is 1. The maximum absolute atomic E-state index is 10.6. The highest BCUT2D eigenvalue weighted by Gasteiger charge is 2.32. The van der Waals surface area contributed by atoms with Gasteiger partial charge in [0.2, 0.25) is 5.95 Å². The van der Waals surface area contributed by atoms with Crippen molar-refractivity contribution >= 4 is 5.95 Å². The molecule has 4 nitrogen and oxygen atoms in total. The molecule has 2 rings (SSSR count). The topological polar surface area (TPSA) is 58.0 Å². The van der Waals surface area contributed by atoms with Crippen molar-refractivity contribution in [1.29, 1.82) is 0 Å². The normalized spacial score (nSPS) is 26.8. The Bertz CT molecular complexity index is 461. The molecule has 4 heteroatoms. The van der Waals surface area contributed by atoms with Crippen LogP contribution in [-0.4, -0.2) is 27.2 Å². The van der Waals surface area contributed by atoms with Crippen molar-refractivity contribution in [3.63, 3.8) is 0 Å². The Labute approximate surface area is 122 Å². The van der Waals surface area contributed by atoms with Gasteiger partial charge in [0.25, 0.3) is 0 Å². The number of hydrogen-bond donors (Lipinski definition) is 2. The van der Waals surface area contributed by atoms with Crippen molar-refractivity contribution in [3.05, 3.63) is 17.5 Å². The van der Waals surface area contributed by atoms with Crippen LogP contribution in [0.2, 0.25) is 0 Å². The standard InChI is InChI=1S/C16H27N3O/c1-11(2)14-8-13(4)18-15(19-14)17-10-16(20)7-5-6-12(3)9-16/h8,11-12,20H,5-7,9-10H2,1-4H3,(H,17,18,19). The van der Waals surface area contributed by atoms with Crippen LogP contribution >= 0.6 is 0 Å². The smallest absolute Gasteiger partial charge is 0.223 e. The number of aryl methyl sites for hydroxylation is 1. The average Bonchev–Trinajstić information content (AvgIpc) is 2.35. The molecular weight excluding hydrogens is 250 g/mol. The van der Waals surface area contributed by atoms with Gasteiger partial charge in [0.1, 0.15) is 0 Å². The van der Waals surface area contributed by atoms with Crippen LogP contribution in [0.25, 0.3) is 0 Å². The second-order valence-corrected chi connectivity index (χ2v) is 6.69. The van der Waals surface area contributed by atoms with Gasteiger partial charge in [-0.15, -0.1) is 0 Å². The molecule has 0 saturated heterocycles. The summed E-state index contributed by atoms with van der Waals surface area (Å²) in [5.41, 5.74) is 1.40. The van der Waals surface area contributed by atoms with E-state index in [1.807, 2.05) is 13.0 Å². The zero-order valence-corrected chi connectivity index (χ0v) is 13.1. The number of aromatic nitrogens is 2. The minimum atomic E-state index is -0.608. The number of nitrogens with zero attached hydrogens (tertiary/aromatic N) is 2. The van der Waals surface area contributed by atoms with Crippen LogP contribution in [0.4, 0.5) is 5.95 Å². The SMILES string of the molecule is Cc1cc(C(C)C)nc(NCC2(O)CCCC(C)C2)n1. The third-order valence-corrected chi connectivity index (χ3v) is 4.11. The van der Waals surface area contributed by atoms with E-state index in [0.29, 0.717) is 24.3 Å². The minimum Gasteiger partial charge on any atom is -0.388 e. The summed E-state index contributed by atoms with van der Waals surface area (Å²) in [5, 5.41) is 13.9. The predicted molar refractivity (Wildman–Crippen MR) is 81.9 cm³/mol. The van der Waals surface area contributed by atoms with Crippen molar-refractivity contribution < 1.29 is 5.11 Å². The van der Waals surface area contributed by atoms with E-state index in [1.54, 1.807) is 0 Å². The average molecular weight is 277 g/mol. The number of nitrogens with one attached hydrogen (secondary N) is 1. The van der Waals surface area contributed by atoms with Crippen LogP contribution in [-0.2, 0) is 0 Å². The monoisotopic (exact) mass is 277 g/mol. The van der Waals surface area contributed by atoms with Crippen LogP contribution in [0.1, 0.15) is 63.8 Å². The van der Waals surface area contributed by atoms with Crippen LogP contribution in [0.15, 0.2) is 6.07 Å². The van der Waals surface area contributed by atoms with E-state index in [1.165, 1.54) is 6.42 Å².